The van der Waals surface area contributed by atoms with Crippen molar-refractivity contribution in [2.45, 2.75) is 25.2 Å². The summed E-state index contributed by atoms with van der Waals surface area (Å²) in [4.78, 5) is 26.7. The van der Waals surface area contributed by atoms with Crippen molar-refractivity contribution in [2.75, 3.05) is 7.11 Å². The molecule has 0 saturated carbocycles. The molecule has 1 aliphatic rings. The van der Waals surface area contributed by atoms with Crippen LogP contribution in [0.1, 0.15) is 23.6 Å². The van der Waals surface area contributed by atoms with Crippen molar-refractivity contribution in [2.24, 2.45) is 0 Å². The standard InChI is InChI=1S/C23H19F3N2O3/c1-22(17-8-6-16-12-19(31-2)9-7-15(16)11-17)20(29)28(21(30)27-22)13-14-4-3-5-18(10-14)23(24,25)26/h3-12H,13H2,1-2H3,(H,27,30)/t22-/m0/s1. The van der Waals surface area contributed by atoms with Crippen LogP contribution in [0.4, 0.5) is 18.0 Å². The molecule has 0 bridgehead atoms. The first-order chi connectivity index (χ1) is 14.6. The maximum absolute atomic E-state index is 13.2. The van der Waals surface area contributed by atoms with E-state index in [0.717, 1.165) is 27.8 Å². The molecule has 1 saturated heterocycles. The number of urea groups is 1. The second-order valence-corrected chi connectivity index (χ2v) is 7.57. The van der Waals surface area contributed by atoms with Gasteiger partial charge < -0.3 is 10.1 Å². The number of imide groups is 1. The summed E-state index contributed by atoms with van der Waals surface area (Å²) in [7, 11) is 1.57. The third-order valence-electron chi connectivity index (χ3n) is 5.49. The van der Waals surface area contributed by atoms with Gasteiger partial charge in [-0.2, -0.15) is 13.2 Å². The van der Waals surface area contributed by atoms with Gasteiger partial charge in [-0.25, -0.2) is 4.79 Å². The number of ether oxygens (including phenoxy) is 1. The number of carbonyl (C=O) groups is 2. The SMILES string of the molecule is COc1ccc2cc([C@]3(C)NC(=O)N(Cc4cccc(C(F)(F)F)c4)C3=O)ccc2c1. The number of carbonyl (C=O) groups excluding carboxylic acids is 2. The van der Waals surface area contributed by atoms with E-state index in [9.17, 15) is 22.8 Å². The Morgan fingerprint density at radius 3 is 2.42 bits per heavy atom. The van der Waals surface area contributed by atoms with E-state index >= 15 is 0 Å². The molecule has 1 heterocycles. The molecule has 8 heteroatoms. The highest BCUT2D eigenvalue weighted by Crippen LogP contribution is 2.34. The highest BCUT2D eigenvalue weighted by molar-refractivity contribution is 6.07. The number of nitrogens with one attached hydrogen (secondary N) is 1. The lowest BCUT2D eigenvalue weighted by atomic mass is 9.90. The van der Waals surface area contributed by atoms with Crippen molar-refractivity contribution in [1.82, 2.24) is 10.2 Å². The number of nitrogens with zero attached hydrogens (tertiary/aromatic N) is 1. The molecule has 0 aliphatic carbocycles. The van der Waals surface area contributed by atoms with Gasteiger partial charge in [0.1, 0.15) is 11.3 Å². The largest absolute Gasteiger partial charge is 0.497 e. The van der Waals surface area contributed by atoms with Gasteiger partial charge >= 0.3 is 12.2 Å². The quantitative estimate of drug-likeness (QED) is 0.606. The lowest BCUT2D eigenvalue weighted by Gasteiger charge is -2.23. The van der Waals surface area contributed by atoms with Crippen LogP contribution in [-0.2, 0) is 23.1 Å². The Balaban J connectivity index is 1.63. The van der Waals surface area contributed by atoms with Crippen LogP contribution in [0.25, 0.3) is 10.8 Å². The lowest BCUT2D eigenvalue weighted by molar-refractivity contribution is -0.137. The van der Waals surface area contributed by atoms with Crippen LogP contribution < -0.4 is 10.1 Å². The van der Waals surface area contributed by atoms with E-state index in [-0.39, 0.29) is 12.1 Å². The maximum atomic E-state index is 13.2. The molecule has 4 rings (SSSR count). The number of alkyl halides is 3. The molecule has 0 unspecified atom stereocenters. The number of benzene rings is 3. The van der Waals surface area contributed by atoms with Crippen LogP contribution in [0.5, 0.6) is 5.75 Å². The molecular weight excluding hydrogens is 409 g/mol. The van der Waals surface area contributed by atoms with Crippen LogP contribution in [-0.4, -0.2) is 23.9 Å². The summed E-state index contributed by atoms with van der Waals surface area (Å²) in [6.45, 7) is 1.33. The molecule has 1 atom stereocenters. The highest BCUT2D eigenvalue weighted by atomic mass is 19.4. The number of amides is 3. The Morgan fingerprint density at radius 2 is 1.71 bits per heavy atom. The van der Waals surface area contributed by atoms with Gasteiger partial charge in [0.25, 0.3) is 5.91 Å². The monoisotopic (exact) mass is 428 g/mol. The molecule has 160 valence electrons. The Labute approximate surface area is 176 Å². The number of hydrogen-bond donors (Lipinski definition) is 1. The number of methoxy groups -OCH3 is 1. The topological polar surface area (TPSA) is 58.6 Å². The summed E-state index contributed by atoms with van der Waals surface area (Å²) in [6.07, 6.45) is -4.50. The number of fused-ring (bicyclic) bond motifs is 1. The Morgan fingerprint density at radius 1 is 1.00 bits per heavy atom. The van der Waals surface area contributed by atoms with Gasteiger partial charge in [0, 0.05) is 0 Å². The Bertz CT molecular complexity index is 1190. The van der Waals surface area contributed by atoms with E-state index in [1.54, 1.807) is 32.2 Å². The van der Waals surface area contributed by atoms with Crippen molar-refractivity contribution >= 4 is 22.7 Å². The van der Waals surface area contributed by atoms with Gasteiger partial charge in [0.2, 0.25) is 0 Å². The van der Waals surface area contributed by atoms with Crippen molar-refractivity contribution in [3.8, 4) is 5.75 Å². The predicted octanol–water partition coefficient (Wildman–Crippen LogP) is 4.83. The molecule has 0 spiro atoms. The van der Waals surface area contributed by atoms with Crippen molar-refractivity contribution < 1.29 is 27.5 Å². The Kier molecular flexibility index (Phi) is 4.88. The summed E-state index contributed by atoms with van der Waals surface area (Å²) in [5.41, 5.74) is -1.36. The highest BCUT2D eigenvalue weighted by Gasteiger charge is 2.49. The van der Waals surface area contributed by atoms with Crippen molar-refractivity contribution in [1.29, 1.82) is 0 Å². The van der Waals surface area contributed by atoms with Gasteiger partial charge in [0.15, 0.2) is 0 Å². The van der Waals surface area contributed by atoms with Crippen LogP contribution in [0.2, 0.25) is 0 Å². The second-order valence-electron chi connectivity index (χ2n) is 7.57. The first kappa shape index (κ1) is 20.7. The summed E-state index contributed by atoms with van der Waals surface area (Å²) in [6, 6.07) is 14.8. The van der Waals surface area contributed by atoms with Crippen molar-refractivity contribution in [3.63, 3.8) is 0 Å². The van der Waals surface area contributed by atoms with Gasteiger partial charge in [-0.1, -0.05) is 30.3 Å². The zero-order valence-corrected chi connectivity index (χ0v) is 16.8. The fourth-order valence-electron chi connectivity index (χ4n) is 3.73. The fourth-order valence-corrected chi connectivity index (χ4v) is 3.73. The van der Waals surface area contributed by atoms with Crippen LogP contribution in [0.3, 0.4) is 0 Å². The van der Waals surface area contributed by atoms with Gasteiger partial charge in [-0.05, 0) is 59.2 Å². The predicted molar refractivity (Wildman–Crippen MR) is 108 cm³/mol. The van der Waals surface area contributed by atoms with Gasteiger partial charge in [-0.15, -0.1) is 0 Å². The molecule has 1 fully saturated rings. The smallest absolute Gasteiger partial charge is 0.416 e. The minimum atomic E-state index is -4.50. The fraction of sp³-hybridized carbons (Fsp3) is 0.217. The molecule has 5 nitrogen and oxygen atoms in total. The van der Waals surface area contributed by atoms with Crippen LogP contribution >= 0.6 is 0 Å². The molecule has 3 aromatic rings. The third-order valence-corrected chi connectivity index (χ3v) is 5.49. The summed E-state index contributed by atoms with van der Waals surface area (Å²) >= 11 is 0. The van der Waals surface area contributed by atoms with Crippen LogP contribution in [0.15, 0.2) is 60.7 Å². The molecule has 3 aromatic carbocycles. The van der Waals surface area contributed by atoms with Gasteiger partial charge in [-0.3, -0.25) is 9.69 Å². The number of rotatable bonds is 4. The van der Waals surface area contributed by atoms with E-state index in [1.165, 1.54) is 12.1 Å². The maximum Gasteiger partial charge on any atom is 0.416 e. The molecule has 3 amide bonds. The summed E-state index contributed by atoms with van der Waals surface area (Å²) < 4.78 is 44.2. The number of halogens is 3. The molecule has 1 N–H and O–H groups in total. The normalized spacial score (nSPS) is 19.1. The van der Waals surface area contributed by atoms with Crippen LogP contribution in [0, 0.1) is 0 Å². The zero-order valence-electron chi connectivity index (χ0n) is 16.8. The van der Waals surface area contributed by atoms with E-state index in [1.807, 2.05) is 18.2 Å². The van der Waals surface area contributed by atoms with E-state index in [4.69, 9.17) is 4.74 Å². The first-order valence-electron chi connectivity index (χ1n) is 9.50. The molecule has 0 radical (unpaired) electrons. The van der Waals surface area contributed by atoms with Crippen molar-refractivity contribution in [3.05, 3.63) is 77.4 Å². The molecule has 31 heavy (non-hydrogen) atoms. The molecular formula is C23H19F3N2O3. The van der Waals surface area contributed by atoms with E-state index in [0.29, 0.717) is 11.3 Å². The van der Waals surface area contributed by atoms with Gasteiger partial charge in [0.05, 0.1) is 19.2 Å². The second kappa shape index (κ2) is 7.30. The minimum absolute atomic E-state index is 0.216. The zero-order chi connectivity index (χ0) is 22.4. The summed E-state index contributed by atoms with van der Waals surface area (Å²) in [5.74, 6) is 0.173. The minimum Gasteiger partial charge on any atom is -0.497 e. The van der Waals surface area contributed by atoms with E-state index < -0.39 is 29.2 Å². The first-order valence-corrected chi connectivity index (χ1v) is 9.50. The average Bonchev–Trinajstić information content (AvgIpc) is 2.96. The van der Waals surface area contributed by atoms with E-state index in [2.05, 4.69) is 5.32 Å². The average molecular weight is 428 g/mol. The number of hydrogen-bond acceptors (Lipinski definition) is 3. The molecule has 0 aromatic heterocycles. The molecule has 1 aliphatic heterocycles. The Hall–Kier alpha value is -3.55. The summed E-state index contributed by atoms with van der Waals surface area (Å²) in [5, 5.41) is 4.46. The third kappa shape index (κ3) is 3.69. The lowest BCUT2D eigenvalue weighted by Crippen LogP contribution is -2.40.